The molecule has 0 aliphatic heterocycles. The van der Waals surface area contributed by atoms with E-state index in [9.17, 15) is 17.6 Å². The topological polar surface area (TPSA) is 41.5 Å². The average Bonchev–Trinajstić information content (AvgIpc) is 2.17. The van der Waals surface area contributed by atoms with Crippen molar-refractivity contribution in [1.29, 1.82) is 0 Å². The van der Waals surface area contributed by atoms with E-state index in [0.717, 1.165) is 6.07 Å². The van der Waals surface area contributed by atoms with Crippen LogP contribution in [0.1, 0.15) is 5.56 Å². The molecule has 0 aliphatic rings. The zero-order valence-corrected chi connectivity index (χ0v) is 8.01. The van der Waals surface area contributed by atoms with Gasteiger partial charge in [-0.2, -0.15) is 18.7 Å². The summed E-state index contributed by atoms with van der Waals surface area (Å²) in [6.07, 6.45) is -4.43. The van der Waals surface area contributed by atoms with Crippen molar-refractivity contribution in [3.8, 4) is 5.75 Å². The zero-order valence-electron chi connectivity index (χ0n) is 8.01. The zero-order chi connectivity index (χ0) is 12.2. The van der Waals surface area contributed by atoms with E-state index in [1.165, 1.54) is 12.1 Å². The van der Waals surface area contributed by atoms with Crippen LogP contribution in [0.15, 0.2) is 18.2 Å². The second-order valence-electron chi connectivity index (χ2n) is 2.97. The van der Waals surface area contributed by atoms with E-state index in [1.54, 1.807) is 0 Å². The summed E-state index contributed by atoms with van der Waals surface area (Å²) >= 11 is 0. The Morgan fingerprint density at radius 1 is 1.31 bits per heavy atom. The summed E-state index contributed by atoms with van der Waals surface area (Å²) < 4.78 is 47.7. The van der Waals surface area contributed by atoms with Gasteiger partial charge in [-0.3, -0.25) is 4.84 Å². The first-order chi connectivity index (χ1) is 7.40. The molecule has 0 radical (unpaired) electrons. The molecule has 0 aromatic heterocycles. The second kappa shape index (κ2) is 5.13. The van der Waals surface area contributed by atoms with Crippen LogP contribution in [0.4, 0.5) is 17.6 Å². The minimum atomic E-state index is -4.43. The van der Waals surface area contributed by atoms with Crippen LogP contribution in [0.2, 0.25) is 0 Å². The normalized spacial score (nSPS) is 11.8. The molecular formula is C9H9F4NO2. The number of benzene rings is 1. The molecule has 1 aromatic carbocycles. The van der Waals surface area contributed by atoms with Crippen molar-refractivity contribution < 1.29 is 27.5 Å². The number of phenolic OH excluding ortho intramolecular Hbond substituents is 1. The Labute approximate surface area is 88.6 Å². The smallest absolute Gasteiger partial charge is 0.413 e. The molecule has 1 aromatic rings. The maximum absolute atomic E-state index is 12.8. The molecule has 90 valence electrons. The fourth-order valence-electron chi connectivity index (χ4n) is 0.964. The molecule has 0 fully saturated rings. The molecule has 16 heavy (non-hydrogen) atoms. The van der Waals surface area contributed by atoms with Crippen molar-refractivity contribution in [1.82, 2.24) is 5.48 Å². The van der Waals surface area contributed by atoms with E-state index in [0.29, 0.717) is 0 Å². The van der Waals surface area contributed by atoms with Crippen molar-refractivity contribution in [2.24, 2.45) is 0 Å². The molecule has 0 saturated carbocycles. The standard InChI is InChI=1S/C9H9F4NO2/c10-7-3-1-2-6(8(7)15)4-14-16-5-9(11,12)13/h1-3,14-15H,4-5H2. The van der Waals surface area contributed by atoms with Crippen molar-refractivity contribution in [3.63, 3.8) is 0 Å². The van der Waals surface area contributed by atoms with E-state index < -0.39 is 24.3 Å². The van der Waals surface area contributed by atoms with Crippen LogP contribution in [-0.4, -0.2) is 17.9 Å². The molecule has 0 saturated heterocycles. The number of rotatable bonds is 4. The fraction of sp³-hybridized carbons (Fsp3) is 0.333. The average molecular weight is 239 g/mol. The quantitative estimate of drug-likeness (QED) is 0.480. The molecule has 0 bridgehead atoms. The predicted molar refractivity (Wildman–Crippen MR) is 46.9 cm³/mol. The lowest BCUT2D eigenvalue weighted by molar-refractivity contribution is -0.190. The van der Waals surface area contributed by atoms with E-state index in [4.69, 9.17) is 5.11 Å². The first-order valence-electron chi connectivity index (χ1n) is 4.28. The van der Waals surface area contributed by atoms with Crippen LogP contribution in [0.5, 0.6) is 5.75 Å². The molecule has 0 amide bonds. The predicted octanol–water partition coefficient (Wildman–Crippen LogP) is 2.11. The third-order valence-corrected chi connectivity index (χ3v) is 1.67. The highest BCUT2D eigenvalue weighted by Crippen LogP contribution is 2.20. The highest BCUT2D eigenvalue weighted by molar-refractivity contribution is 5.33. The molecule has 0 unspecified atom stereocenters. The number of hydrogen-bond acceptors (Lipinski definition) is 3. The number of nitrogens with one attached hydrogen (secondary N) is 1. The lowest BCUT2D eigenvalue weighted by Crippen LogP contribution is -2.24. The van der Waals surface area contributed by atoms with Gasteiger partial charge in [-0.1, -0.05) is 12.1 Å². The Hall–Kier alpha value is -1.34. The number of halogens is 4. The molecule has 0 aliphatic carbocycles. The van der Waals surface area contributed by atoms with Gasteiger partial charge in [-0.15, -0.1) is 0 Å². The third-order valence-electron chi connectivity index (χ3n) is 1.67. The number of hydrogen-bond donors (Lipinski definition) is 2. The third kappa shape index (κ3) is 4.03. The first-order valence-corrected chi connectivity index (χ1v) is 4.28. The maximum atomic E-state index is 12.8. The second-order valence-corrected chi connectivity index (χ2v) is 2.97. The number of aromatic hydroxyl groups is 1. The van der Waals surface area contributed by atoms with Gasteiger partial charge in [0.25, 0.3) is 0 Å². The van der Waals surface area contributed by atoms with E-state index >= 15 is 0 Å². The van der Waals surface area contributed by atoms with Gasteiger partial charge in [0.15, 0.2) is 18.2 Å². The first kappa shape index (κ1) is 12.7. The van der Waals surface area contributed by atoms with Gasteiger partial charge in [0.1, 0.15) is 0 Å². The molecule has 3 nitrogen and oxygen atoms in total. The van der Waals surface area contributed by atoms with Crippen LogP contribution in [-0.2, 0) is 11.4 Å². The molecule has 2 N–H and O–H groups in total. The monoisotopic (exact) mass is 239 g/mol. The highest BCUT2D eigenvalue weighted by Gasteiger charge is 2.27. The summed E-state index contributed by atoms with van der Waals surface area (Å²) in [5.74, 6) is -1.44. The summed E-state index contributed by atoms with van der Waals surface area (Å²) in [5.41, 5.74) is 2.09. The van der Waals surface area contributed by atoms with Crippen LogP contribution in [0.3, 0.4) is 0 Å². The number of para-hydroxylation sites is 1. The van der Waals surface area contributed by atoms with Crippen LogP contribution in [0.25, 0.3) is 0 Å². The summed E-state index contributed by atoms with van der Waals surface area (Å²) in [7, 11) is 0. The van der Waals surface area contributed by atoms with Crippen molar-refractivity contribution in [3.05, 3.63) is 29.6 Å². The Kier molecular flexibility index (Phi) is 4.08. The van der Waals surface area contributed by atoms with Crippen LogP contribution < -0.4 is 5.48 Å². The van der Waals surface area contributed by atoms with Gasteiger partial charge < -0.3 is 5.11 Å². The summed E-state index contributed by atoms with van der Waals surface area (Å²) in [6.45, 7) is -1.68. The molecule has 0 spiro atoms. The van der Waals surface area contributed by atoms with Crippen molar-refractivity contribution >= 4 is 0 Å². The van der Waals surface area contributed by atoms with Crippen LogP contribution >= 0.6 is 0 Å². The summed E-state index contributed by atoms with van der Waals surface area (Å²) in [5, 5.41) is 9.16. The molecule has 0 atom stereocenters. The largest absolute Gasteiger partial charge is 0.505 e. The molecule has 0 heterocycles. The SMILES string of the molecule is Oc1c(F)cccc1CNOCC(F)(F)F. The Bertz CT molecular complexity index is 354. The fourth-order valence-corrected chi connectivity index (χ4v) is 0.964. The van der Waals surface area contributed by atoms with Crippen LogP contribution in [0, 0.1) is 5.82 Å². The van der Waals surface area contributed by atoms with Gasteiger partial charge in [0, 0.05) is 12.1 Å². The Morgan fingerprint density at radius 2 is 2.00 bits per heavy atom. The van der Waals surface area contributed by atoms with E-state index in [-0.39, 0.29) is 12.1 Å². The van der Waals surface area contributed by atoms with Crippen molar-refractivity contribution in [2.45, 2.75) is 12.7 Å². The number of alkyl halides is 3. The van der Waals surface area contributed by atoms with Gasteiger partial charge in [-0.05, 0) is 6.07 Å². The molecule has 7 heteroatoms. The van der Waals surface area contributed by atoms with Gasteiger partial charge >= 0.3 is 6.18 Å². The minimum absolute atomic E-state index is 0.113. The lowest BCUT2D eigenvalue weighted by Gasteiger charge is -2.09. The maximum Gasteiger partial charge on any atom is 0.413 e. The summed E-state index contributed by atoms with van der Waals surface area (Å²) in [4.78, 5) is 4.09. The Morgan fingerprint density at radius 3 is 2.62 bits per heavy atom. The van der Waals surface area contributed by atoms with Gasteiger partial charge in [0.05, 0.1) is 0 Å². The van der Waals surface area contributed by atoms with E-state index in [1.807, 2.05) is 5.48 Å². The summed E-state index contributed by atoms with van der Waals surface area (Å²) in [6, 6.07) is 3.73. The molecule has 1 rings (SSSR count). The Balaban J connectivity index is 2.41. The highest BCUT2D eigenvalue weighted by atomic mass is 19.4. The molecular weight excluding hydrogens is 230 g/mol. The van der Waals surface area contributed by atoms with E-state index in [2.05, 4.69) is 4.84 Å². The number of phenols is 1. The van der Waals surface area contributed by atoms with Crippen molar-refractivity contribution in [2.75, 3.05) is 6.61 Å². The van der Waals surface area contributed by atoms with Gasteiger partial charge in [-0.25, -0.2) is 4.39 Å². The minimum Gasteiger partial charge on any atom is -0.505 e. The van der Waals surface area contributed by atoms with Gasteiger partial charge in [0.2, 0.25) is 0 Å². The number of hydroxylamine groups is 1. The lowest BCUT2D eigenvalue weighted by atomic mass is 10.2.